The normalized spacial score (nSPS) is 14.4. The van der Waals surface area contributed by atoms with Crippen LogP contribution in [-0.4, -0.2) is 51.9 Å². The van der Waals surface area contributed by atoms with E-state index in [1.54, 1.807) is 25.3 Å². The Labute approximate surface area is 240 Å². The van der Waals surface area contributed by atoms with Gasteiger partial charge in [0.25, 0.3) is 0 Å². The Morgan fingerprint density at radius 2 is 1.83 bits per heavy atom. The number of ether oxygens (including phenoxy) is 1. The molecule has 1 fully saturated rings. The molecule has 220 valence electrons. The zero-order valence-corrected chi connectivity index (χ0v) is 24.6. The van der Waals surface area contributed by atoms with Gasteiger partial charge in [0.2, 0.25) is 5.88 Å². The van der Waals surface area contributed by atoms with Crippen molar-refractivity contribution in [3.63, 3.8) is 0 Å². The topological polar surface area (TPSA) is 108 Å². The van der Waals surface area contributed by atoms with Gasteiger partial charge in [-0.25, -0.2) is 23.7 Å². The van der Waals surface area contributed by atoms with Crippen LogP contribution in [0.5, 0.6) is 5.88 Å². The van der Waals surface area contributed by atoms with Crippen LogP contribution in [-0.2, 0) is 6.42 Å². The number of rotatable bonds is 6. The molecule has 3 aromatic heterocycles. The number of aromatic nitrogens is 4. The molecule has 2 aliphatic rings. The summed E-state index contributed by atoms with van der Waals surface area (Å²) >= 11 is 0. The standard InChI is InChI=1S/C25H25F2N7O2.C3H8.C2H6/c1-14-9-18-19(32-14)10-16(26)11-20(23(18)27)36-25-22(15(2)35)24(30-13-31-25)33-21-4-3-17(12-29-21)34-7-5-28-6-8-34;1-3-2;1-2/h3-4,9,11-13,28,32H,5-8,10H2,1-2H3,(H,29,30,31,33);3H2,1-2H3;1-2H3. The number of ketones is 1. The highest BCUT2D eigenvalue weighted by Crippen LogP contribution is 2.34. The highest BCUT2D eigenvalue weighted by Gasteiger charge is 2.25. The van der Waals surface area contributed by atoms with Crippen molar-refractivity contribution in [1.82, 2.24) is 25.3 Å². The summed E-state index contributed by atoms with van der Waals surface area (Å²) in [4.78, 5) is 30.4. The first kappa shape index (κ1) is 31.4. The zero-order valence-electron chi connectivity index (χ0n) is 24.6. The summed E-state index contributed by atoms with van der Waals surface area (Å²) in [7, 11) is 0. The van der Waals surface area contributed by atoms with Gasteiger partial charge in [-0.05, 0) is 32.0 Å². The number of hydrogen-bond donors (Lipinski definition) is 3. The number of halogens is 2. The van der Waals surface area contributed by atoms with Crippen molar-refractivity contribution < 1.29 is 18.3 Å². The smallest absolute Gasteiger partial charge is 0.235 e. The largest absolute Gasteiger partial charge is 0.435 e. The molecule has 1 saturated heterocycles. The number of hydrogen-bond acceptors (Lipinski definition) is 8. The Morgan fingerprint density at radius 1 is 1.12 bits per heavy atom. The third-order valence-corrected chi connectivity index (χ3v) is 5.97. The first-order valence-corrected chi connectivity index (χ1v) is 14.0. The molecule has 0 radical (unpaired) electrons. The van der Waals surface area contributed by atoms with E-state index in [2.05, 4.69) is 49.3 Å². The maximum Gasteiger partial charge on any atom is 0.235 e. The van der Waals surface area contributed by atoms with Gasteiger partial charge in [-0.3, -0.25) is 4.79 Å². The van der Waals surface area contributed by atoms with Crippen LogP contribution in [0.1, 0.15) is 68.3 Å². The number of nitrogens with zero attached hydrogens (tertiary/aromatic N) is 4. The Balaban J connectivity index is 0.000000868. The van der Waals surface area contributed by atoms with E-state index in [0.29, 0.717) is 17.2 Å². The fourth-order valence-corrected chi connectivity index (χ4v) is 4.27. The summed E-state index contributed by atoms with van der Waals surface area (Å²) in [5, 5.41) is 6.32. The van der Waals surface area contributed by atoms with Crippen LogP contribution >= 0.6 is 0 Å². The molecule has 0 aromatic carbocycles. The maximum atomic E-state index is 15.3. The molecule has 11 heteroatoms. The summed E-state index contributed by atoms with van der Waals surface area (Å²) < 4.78 is 35.5. The predicted octanol–water partition coefficient (Wildman–Crippen LogP) is 6.43. The SMILES string of the molecule is CC.CC(=O)c1c(Nc2ccc(N3CCNCC3)cn2)ncnc1OC1=C(F)c2cc(C)[nH]c2CC(F)=C1.CCC. The number of nitrogens with one attached hydrogen (secondary N) is 3. The fraction of sp³-hybridized carbons (Fsp3) is 0.400. The Bertz CT molecular complexity index is 1380. The van der Waals surface area contributed by atoms with Crippen molar-refractivity contribution in [3.8, 4) is 5.88 Å². The first-order valence-electron chi connectivity index (χ1n) is 14.0. The van der Waals surface area contributed by atoms with E-state index in [4.69, 9.17) is 4.74 Å². The van der Waals surface area contributed by atoms with Crippen LogP contribution < -0.4 is 20.3 Å². The number of aromatic amines is 1. The second kappa shape index (κ2) is 15.0. The third-order valence-electron chi connectivity index (χ3n) is 5.97. The highest BCUT2D eigenvalue weighted by molar-refractivity contribution is 6.01. The number of piperazine rings is 1. The lowest BCUT2D eigenvalue weighted by molar-refractivity contribution is 0.101. The second-order valence-electron chi connectivity index (χ2n) is 9.32. The van der Waals surface area contributed by atoms with Gasteiger partial charge >= 0.3 is 0 Å². The van der Waals surface area contributed by atoms with Crippen LogP contribution in [0.15, 0.2) is 48.4 Å². The lowest BCUT2D eigenvalue weighted by atomic mass is 10.2. The number of allylic oxidation sites excluding steroid dienone is 2. The van der Waals surface area contributed by atoms with Gasteiger partial charge in [-0.1, -0.05) is 34.1 Å². The zero-order chi connectivity index (χ0) is 29.9. The molecule has 0 bridgehead atoms. The minimum atomic E-state index is -0.755. The van der Waals surface area contributed by atoms with Crippen LogP contribution in [0.4, 0.5) is 26.1 Å². The first-order chi connectivity index (χ1) is 19.8. The lowest BCUT2D eigenvalue weighted by Crippen LogP contribution is -2.43. The lowest BCUT2D eigenvalue weighted by Gasteiger charge is -2.29. The van der Waals surface area contributed by atoms with Crippen molar-refractivity contribution in [1.29, 1.82) is 0 Å². The number of Topliss-reactive ketones (excluding diaryl/α,β-unsaturated/α-hetero) is 1. The Kier molecular flexibility index (Phi) is 11.5. The van der Waals surface area contributed by atoms with Gasteiger partial charge < -0.3 is 25.3 Å². The van der Waals surface area contributed by atoms with Gasteiger partial charge in [-0.2, -0.15) is 0 Å². The van der Waals surface area contributed by atoms with E-state index in [1.165, 1.54) is 19.7 Å². The molecular weight excluding hydrogens is 528 g/mol. The van der Waals surface area contributed by atoms with Crippen LogP contribution in [0, 0.1) is 6.92 Å². The van der Waals surface area contributed by atoms with Gasteiger partial charge in [-0.15, -0.1) is 0 Å². The van der Waals surface area contributed by atoms with Crippen LogP contribution in [0.3, 0.4) is 0 Å². The number of carbonyl (C=O) groups is 1. The predicted molar refractivity (Wildman–Crippen MR) is 159 cm³/mol. The maximum absolute atomic E-state index is 15.3. The van der Waals surface area contributed by atoms with Gasteiger partial charge in [0.15, 0.2) is 17.4 Å². The van der Waals surface area contributed by atoms with Crippen molar-refractivity contribution in [2.45, 2.75) is 54.4 Å². The van der Waals surface area contributed by atoms with E-state index in [0.717, 1.165) is 37.9 Å². The van der Waals surface area contributed by atoms with E-state index >= 15 is 4.39 Å². The van der Waals surface area contributed by atoms with Gasteiger partial charge in [0.1, 0.15) is 29.4 Å². The molecule has 0 atom stereocenters. The Hall–Kier alpha value is -4.12. The number of anilines is 3. The highest BCUT2D eigenvalue weighted by atomic mass is 19.1. The van der Waals surface area contributed by atoms with E-state index in [9.17, 15) is 9.18 Å². The number of pyridine rings is 1. The van der Waals surface area contributed by atoms with E-state index < -0.39 is 17.4 Å². The molecule has 1 aliphatic heterocycles. The molecule has 5 rings (SSSR count). The second-order valence-corrected chi connectivity index (χ2v) is 9.32. The van der Waals surface area contributed by atoms with Crippen LogP contribution in [0.2, 0.25) is 0 Å². The molecule has 3 aromatic rings. The molecule has 0 unspecified atom stereocenters. The summed E-state index contributed by atoms with van der Waals surface area (Å²) in [5.74, 6) is -1.73. The molecule has 3 N–H and O–H groups in total. The summed E-state index contributed by atoms with van der Waals surface area (Å²) in [6.07, 6.45) is 5.04. The van der Waals surface area contributed by atoms with Gasteiger partial charge in [0.05, 0.1) is 11.9 Å². The summed E-state index contributed by atoms with van der Waals surface area (Å²) in [6.45, 7) is 14.9. The van der Waals surface area contributed by atoms with Crippen molar-refractivity contribution in [2.24, 2.45) is 0 Å². The monoisotopic (exact) mass is 567 g/mol. The van der Waals surface area contributed by atoms with Crippen molar-refractivity contribution in [3.05, 3.63) is 70.9 Å². The van der Waals surface area contributed by atoms with E-state index in [1.807, 2.05) is 19.9 Å². The molecule has 41 heavy (non-hydrogen) atoms. The number of H-pyrrole nitrogens is 1. The average Bonchev–Trinajstić information content (AvgIpc) is 3.29. The molecule has 0 saturated carbocycles. The number of carbonyl (C=O) groups excluding carboxylic acids is 1. The molecule has 0 amide bonds. The molecule has 1 aliphatic carbocycles. The molecule has 0 spiro atoms. The van der Waals surface area contributed by atoms with Gasteiger partial charge in [0, 0.05) is 55.6 Å². The van der Waals surface area contributed by atoms with Crippen molar-refractivity contribution in [2.75, 3.05) is 36.4 Å². The molecular formula is C30H39F2N7O2. The minimum Gasteiger partial charge on any atom is -0.435 e. The van der Waals surface area contributed by atoms with Crippen molar-refractivity contribution >= 4 is 28.9 Å². The minimum absolute atomic E-state index is 0.00527. The van der Waals surface area contributed by atoms with Crippen LogP contribution in [0.25, 0.3) is 5.83 Å². The number of aryl methyl sites for hydroxylation is 1. The molecule has 9 nitrogen and oxygen atoms in total. The van der Waals surface area contributed by atoms with E-state index in [-0.39, 0.29) is 35.0 Å². The number of fused-ring (bicyclic) bond motifs is 1. The fourth-order valence-electron chi connectivity index (χ4n) is 4.27. The molecule has 4 heterocycles. The third kappa shape index (κ3) is 7.97. The average molecular weight is 568 g/mol. The summed E-state index contributed by atoms with van der Waals surface area (Å²) in [5.41, 5.74) is 2.29. The quantitative estimate of drug-likeness (QED) is 0.293. The summed E-state index contributed by atoms with van der Waals surface area (Å²) in [6, 6.07) is 5.29. The Morgan fingerprint density at radius 3 is 2.46 bits per heavy atom.